The van der Waals surface area contributed by atoms with E-state index in [1.54, 1.807) is 12.1 Å². The Morgan fingerprint density at radius 1 is 1.00 bits per heavy atom. The number of nitrogens with zero attached hydrogens (tertiary/aromatic N) is 4. The summed E-state index contributed by atoms with van der Waals surface area (Å²) in [7, 11) is 0. The molecule has 2 rings (SSSR count). The van der Waals surface area contributed by atoms with Gasteiger partial charge in [0.1, 0.15) is 12.1 Å². The van der Waals surface area contributed by atoms with Gasteiger partial charge in [-0.15, -0.1) is 0 Å². The predicted octanol–water partition coefficient (Wildman–Crippen LogP) is -0.0773. The average Bonchev–Trinajstić information content (AvgIpc) is 2.69. The number of hydrogen-bond acceptors (Lipinski definition) is 4. The van der Waals surface area contributed by atoms with Crippen LogP contribution in [0.4, 0.5) is 13.2 Å². The molecular formula is C10H4F3LiN4. The molecule has 4 nitrogen and oxygen atoms in total. The van der Waals surface area contributed by atoms with Gasteiger partial charge in [0, 0.05) is 0 Å². The van der Waals surface area contributed by atoms with Gasteiger partial charge in [-0.25, -0.2) is 9.98 Å². The Balaban J connectivity index is 0.00000162. The topological polar surface area (TPSA) is 72.3 Å². The summed E-state index contributed by atoms with van der Waals surface area (Å²) >= 11 is 0. The first-order chi connectivity index (χ1) is 7.95. The van der Waals surface area contributed by atoms with E-state index < -0.39 is 12.3 Å². The zero-order chi connectivity index (χ0) is 12.6. The number of hydrogen-bond donors (Lipinski definition) is 0. The van der Waals surface area contributed by atoms with Gasteiger partial charge in [-0.2, -0.15) is 23.7 Å². The van der Waals surface area contributed by atoms with Crippen LogP contribution in [0.15, 0.2) is 22.1 Å². The molecule has 1 aromatic carbocycles. The second-order valence-electron chi connectivity index (χ2n) is 3.28. The van der Waals surface area contributed by atoms with E-state index in [1.165, 1.54) is 0 Å². The Kier molecular flexibility index (Phi) is 3.81. The van der Waals surface area contributed by atoms with Crippen LogP contribution in [-0.4, -0.2) is 31.2 Å². The molecule has 0 atom stereocenters. The Labute approximate surface area is 111 Å². The Hall–Kier alpha value is -1.81. The van der Waals surface area contributed by atoms with Crippen LogP contribution in [0.3, 0.4) is 0 Å². The van der Waals surface area contributed by atoms with Crippen molar-refractivity contribution in [2.45, 2.75) is 12.3 Å². The first-order valence-corrected chi connectivity index (χ1v) is 4.42. The Morgan fingerprint density at radius 2 is 1.39 bits per heavy atom. The van der Waals surface area contributed by atoms with Crippen LogP contribution in [-0.2, 0) is 0 Å². The quantitative estimate of drug-likeness (QED) is 0.599. The van der Waals surface area contributed by atoms with Crippen molar-refractivity contribution in [1.29, 1.82) is 10.5 Å². The molecule has 0 bridgehead atoms. The third-order valence-corrected chi connectivity index (χ3v) is 2.17. The molecule has 0 spiro atoms. The molecule has 8 heteroatoms. The summed E-state index contributed by atoms with van der Waals surface area (Å²) in [5.41, 5.74) is -0.0129. The van der Waals surface area contributed by atoms with Gasteiger partial charge in [-0.05, 0) is 12.1 Å². The summed E-state index contributed by atoms with van der Waals surface area (Å²) in [6.07, 6.45) is -6.70. The third-order valence-electron chi connectivity index (χ3n) is 2.17. The second-order valence-corrected chi connectivity index (χ2v) is 3.28. The number of rotatable bonds is 0. The van der Waals surface area contributed by atoms with Crippen molar-refractivity contribution in [2.24, 2.45) is 9.98 Å². The predicted molar refractivity (Wildman–Crippen MR) is 55.2 cm³/mol. The summed E-state index contributed by atoms with van der Waals surface area (Å²) in [4.78, 5) is 6.71. The van der Waals surface area contributed by atoms with Crippen molar-refractivity contribution in [3.05, 3.63) is 34.0 Å². The van der Waals surface area contributed by atoms with Crippen LogP contribution in [0, 0.1) is 22.7 Å². The maximum atomic E-state index is 12.4. The third kappa shape index (κ3) is 2.38. The summed E-state index contributed by atoms with van der Waals surface area (Å²) < 4.78 is 37.1. The molecule has 0 saturated heterocycles. The number of alkyl halides is 3. The summed E-state index contributed by atoms with van der Waals surface area (Å²) in [5.74, 6) is 0. The maximum absolute atomic E-state index is 12.4. The van der Waals surface area contributed by atoms with Gasteiger partial charge >= 0.3 is 25.0 Å². The van der Waals surface area contributed by atoms with E-state index in [0.717, 1.165) is 12.1 Å². The van der Waals surface area contributed by atoms with E-state index in [4.69, 9.17) is 10.5 Å². The summed E-state index contributed by atoms with van der Waals surface area (Å²) in [6, 6.07) is 5.73. The van der Waals surface area contributed by atoms with Gasteiger partial charge in [-0.1, -0.05) is 0 Å². The molecule has 0 aromatic heterocycles. The number of nitriles is 2. The molecule has 1 aliphatic rings. The normalized spacial score (nSPS) is 13.4. The van der Waals surface area contributed by atoms with Gasteiger partial charge in [0.2, 0.25) is 6.17 Å². The Bertz CT molecular complexity index is 628. The fourth-order valence-corrected chi connectivity index (χ4v) is 1.41. The second kappa shape index (κ2) is 4.82. The zero-order valence-electron chi connectivity index (χ0n) is 8.15. The van der Waals surface area contributed by atoms with Gasteiger partial charge in [-0.3, -0.25) is 0 Å². The van der Waals surface area contributed by atoms with Crippen LogP contribution < -0.4 is 10.7 Å². The summed E-state index contributed by atoms with van der Waals surface area (Å²) in [5, 5.41) is 17.4. The van der Waals surface area contributed by atoms with Gasteiger partial charge in [0.05, 0.1) is 21.8 Å². The minimum absolute atomic E-state index is 0. The van der Waals surface area contributed by atoms with Crippen molar-refractivity contribution in [3.63, 3.8) is 0 Å². The standard InChI is InChI=1S/C10H3F3N4.Li.H/c11-10(12,13)9-16-7-1-5(3-14)6(4-15)2-8(7)17-9;;/h1-2,9H;;. The Morgan fingerprint density at radius 3 is 1.67 bits per heavy atom. The summed E-state index contributed by atoms with van der Waals surface area (Å²) in [6.45, 7) is 0. The molecule has 0 radical (unpaired) electrons. The van der Waals surface area contributed by atoms with Crippen LogP contribution in [0.25, 0.3) is 0 Å². The molecule has 86 valence electrons. The number of benzene rings is 1. The average molecular weight is 244 g/mol. The molecular weight excluding hydrogens is 240 g/mol. The van der Waals surface area contributed by atoms with Gasteiger partial charge < -0.3 is 0 Å². The molecule has 18 heavy (non-hydrogen) atoms. The van der Waals surface area contributed by atoms with Crippen molar-refractivity contribution >= 4 is 18.9 Å². The van der Waals surface area contributed by atoms with Gasteiger partial charge in [0.25, 0.3) is 0 Å². The van der Waals surface area contributed by atoms with E-state index in [9.17, 15) is 13.2 Å². The van der Waals surface area contributed by atoms with Crippen LogP contribution in [0.5, 0.6) is 0 Å². The molecule has 0 fully saturated rings. The van der Waals surface area contributed by atoms with Crippen LogP contribution in [0.2, 0.25) is 0 Å². The molecule has 0 saturated carbocycles. The monoisotopic (exact) mass is 244 g/mol. The molecule has 0 amide bonds. The van der Waals surface area contributed by atoms with Crippen LogP contribution in [0.1, 0.15) is 11.1 Å². The van der Waals surface area contributed by atoms with Crippen molar-refractivity contribution in [2.75, 3.05) is 0 Å². The molecule has 0 aliphatic carbocycles. The van der Waals surface area contributed by atoms with Crippen LogP contribution >= 0.6 is 0 Å². The van der Waals surface area contributed by atoms with Crippen molar-refractivity contribution < 1.29 is 13.2 Å². The first kappa shape index (κ1) is 14.2. The molecule has 0 N–H and O–H groups in total. The first-order valence-electron chi connectivity index (χ1n) is 4.42. The van der Waals surface area contributed by atoms with Crippen molar-refractivity contribution in [1.82, 2.24) is 0 Å². The molecule has 0 unspecified atom stereocenters. The fourth-order valence-electron chi connectivity index (χ4n) is 1.41. The zero-order valence-corrected chi connectivity index (χ0v) is 8.15. The van der Waals surface area contributed by atoms with E-state index in [2.05, 4.69) is 9.98 Å². The van der Waals surface area contributed by atoms with Crippen molar-refractivity contribution in [3.8, 4) is 12.1 Å². The molecule has 1 aromatic rings. The number of fused-ring (bicyclic) bond motifs is 1. The van der Waals surface area contributed by atoms with E-state index in [0.29, 0.717) is 0 Å². The van der Waals surface area contributed by atoms with E-state index in [-0.39, 0.29) is 40.7 Å². The fraction of sp³-hybridized carbons (Fsp3) is 0.200. The van der Waals surface area contributed by atoms with E-state index in [1.807, 2.05) is 0 Å². The molecule has 1 aliphatic heterocycles. The molecule has 1 heterocycles. The van der Waals surface area contributed by atoms with E-state index >= 15 is 0 Å². The SMILES string of the molecule is N#Cc1cc2c(cc1C#N)=NC(C(F)(F)F)N=2.[LiH]. The van der Waals surface area contributed by atoms with Gasteiger partial charge in [0.15, 0.2) is 0 Å². The minimum atomic E-state index is -4.56. The number of halogens is 3.